The first-order valence-corrected chi connectivity index (χ1v) is 9.35. The van der Waals surface area contributed by atoms with E-state index >= 15 is 0 Å². The molecule has 0 fully saturated rings. The minimum absolute atomic E-state index is 0.0304. The number of hydrogen-bond acceptors (Lipinski definition) is 3. The van der Waals surface area contributed by atoms with E-state index in [0.717, 1.165) is 11.8 Å². The fourth-order valence-electron chi connectivity index (χ4n) is 2.18. The standard InChI is InChI=1S/C16H25FN2O3S/c1-16(2,3)11-14(12-5-7-13(17)8-6-12)19-15(20)9-10-18-23(4,21)22/h5-8,14,18H,9-11H2,1-4H3,(H,19,20)/t14-/m1/s1. The highest BCUT2D eigenvalue weighted by molar-refractivity contribution is 7.88. The van der Waals surface area contributed by atoms with Crippen molar-refractivity contribution >= 4 is 15.9 Å². The Hall–Kier alpha value is -1.47. The van der Waals surface area contributed by atoms with Crippen molar-refractivity contribution < 1.29 is 17.6 Å². The molecule has 1 amide bonds. The third-order valence-corrected chi connectivity index (χ3v) is 3.87. The van der Waals surface area contributed by atoms with Gasteiger partial charge in [-0.15, -0.1) is 0 Å². The molecule has 7 heteroatoms. The van der Waals surface area contributed by atoms with Crippen LogP contribution in [-0.2, 0) is 14.8 Å². The number of carbonyl (C=O) groups is 1. The predicted octanol–water partition coefficient (Wildman–Crippen LogP) is 2.36. The second-order valence-electron chi connectivity index (χ2n) is 6.85. The third-order valence-electron chi connectivity index (χ3n) is 3.14. The van der Waals surface area contributed by atoms with Crippen molar-refractivity contribution in [1.82, 2.24) is 10.0 Å². The first kappa shape index (κ1) is 19.6. The second-order valence-corrected chi connectivity index (χ2v) is 8.69. The van der Waals surface area contributed by atoms with E-state index < -0.39 is 10.0 Å². The molecule has 2 N–H and O–H groups in total. The highest BCUT2D eigenvalue weighted by atomic mass is 32.2. The van der Waals surface area contributed by atoms with Crippen LogP contribution in [0.25, 0.3) is 0 Å². The summed E-state index contributed by atoms with van der Waals surface area (Å²) in [5.41, 5.74) is 0.794. The Morgan fingerprint density at radius 2 is 1.78 bits per heavy atom. The van der Waals surface area contributed by atoms with E-state index in [2.05, 4.69) is 30.8 Å². The molecule has 0 spiro atoms. The largest absolute Gasteiger partial charge is 0.349 e. The quantitative estimate of drug-likeness (QED) is 0.797. The van der Waals surface area contributed by atoms with Gasteiger partial charge in [0.15, 0.2) is 0 Å². The lowest BCUT2D eigenvalue weighted by atomic mass is 9.85. The zero-order valence-electron chi connectivity index (χ0n) is 14.0. The van der Waals surface area contributed by atoms with E-state index in [1.54, 1.807) is 12.1 Å². The Morgan fingerprint density at radius 1 is 1.22 bits per heavy atom. The second kappa shape index (κ2) is 7.88. The molecule has 5 nitrogen and oxygen atoms in total. The summed E-state index contributed by atoms with van der Waals surface area (Å²) in [5, 5.41) is 2.90. The van der Waals surface area contributed by atoms with Gasteiger partial charge in [-0.1, -0.05) is 32.9 Å². The maximum atomic E-state index is 13.1. The van der Waals surface area contributed by atoms with Gasteiger partial charge in [-0.2, -0.15) is 0 Å². The van der Waals surface area contributed by atoms with Crippen LogP contribution in [0.15, 0.2) is 24.3 Å². The topological polar surface area (TPSA) is 75.3 Å². The summed E-state index contributed by atoms with van der Waals surface area (Å²) in [5.74, 6) is -0.577. The number of halogens is 1. The fraction of sp³-hybridized carbons (Fsp3) is 0.562. The van der Waals surface area contributed by atoms with Crippen LogP contribution in [0.2, 0.25) is 0 Å². The van der Waals surface area contributed by atoms with Gasteiger partial charge in [0.05, 0.1) is 12.3 Å². The van der Waals surface area contributed by atoms with Crippen molar-refractivity contribution in [3.8, 4) is 0 Å². The van der Waals surface area contributed by atoms with Crippen molar-refractivity contribution in [3.05, 3.63) is 35.6 Å². The van der Waals surface area contributed by atoms with Gasteiger partial charge in [-0.25, -0.2) is 17.5 Å². The molecule has 0 aliphatic heterocycles. The molecule has 0 aromatic heterocycles. The van der Waals surface area contributed by atoms with Crippen molar-refractivity contribution in [3.63, 3.8) is 0 Å². The van der Waals surface area contributed by atoms with Crippen LogP contribution in [0.1, 0.15) is 45.2 Å². The number of amides is 1. The highest BCUT2D eigenvalue weighted by Crippen LogP contribution is 2.29. The van der Waals surface area contributed by atoms with Crippen molar-refractivity contribution in [1.29, 1.82) is 0 Å². The van der Waals surface area contributed by atoms with Gasteiger partial charge in [0.2, 0.25) is 15.9 Å². The van der Waals surface area contributed by atoms with Gasteiger partial charge < -0.3 is 5.32 Å². The third kappa shape index (κ3) is 8.66. The van der Waals surface area contributed by atoms with Crippen LogP contribution in [0.3, 0.4) is 0 Å². The molecular formula is C16H25FN2O3S. The van der Waals surface area contributed by atoms with Gasteiger partial charge in [-0.05, 0) is 29.5 Å². The van der Waals surface area contributed by atoms with Crippen LogP contribution in [0.4, 0.5) is 4.39 Å². The molecule has 0 radical (unpaired) electrons. The Kier molecular flexibility index (Phi) is 6.70. The molecule has 1 aromatic rings. The zero-order valence-corrected chi connectivity index (χ0v) is 14.8. The Bertz CT molecular complexity index is 622. The molecule has 0 saturated heterocycles. The first-order chi connectivity index (χ1) is 10.5. The van der Waals surface area contributed by atoms with Crippen molar-refractivity contribution in [2.75, 3.05) is 12.8 Å². The van der Waals surface area contributed by atoms with Gasteiger partial charge in [0.25, 0.3) is 0 Å². The van der Waals surface area contributed by atoms with Gasteiger partial charge in [0.1, 0.15) is 5.82 Å². The van der Waals surface area contributed by atoms with E-state index in [4.69, 9.17) is 0 Å². The lowest BCUT2D eigenvalue weighted by molar-refractivity contribution is -0.121. The Balaban J connectivity index is 2.73. The molecule has 1 rings (SSSR count). The first-order valence-electron chi connectivity index (χ1n) is 7.46. The summed E-state index contributed by atoms with van der Waals surface area (Å²) in [4.78, 5) is 12.0. The molecule has 0 aliphatic rings. The molecule has 0 saturated carbocycles. The maximum absolute atomic E-state index is 13.1. The summed E-state index contributed by atoms with van der Waals surface area (Å²) in [7, 11) is -3.31. The molecule has 0 aliphatic carbocycles. The molecule has 23 heavy (non-hydrogen) atoms. The average Bonchev–Trinajstić information content (AvgIpc) is 2.35. The van der Waals surface area contributed by atoms with Crippen molar-refractivity contribution in [2.24, 2.45) is 5.41 Å². The Labute approximate surface area is 137 Å². The number of hydrogen-bond donors (Lipinski definition) is 2. The van der Waals surface area contributed by atoms with E-state index in [-0.39, 0.29) is 36.1 Å². The lowest BCUT2D eigenvalue weighted by Gasteiger charge is -2.27. The normalized spacial score (nSPS) is 13.6. The van der Waals surface area contributed by atoms with E-state index in [1.807, 2.05) is 0 Å². The molecule has 0 unspecified atom stereocenters. The SMILES string of the molecule is CC(C)(C)C[C@@H](NC(=O)CCNS(C)(=O)=O)c1ccc(F)cc1. The molecular weight excluding hydrogens is 319 g/mol. The molecule has 0 bridgehead atoms. The average molecular weight is 344 g/mol. The van der Waals surface area contributed by atoms with Crippen LogP contribution >= 0.6 is 0 Å². The zero-order chi connectivity index (χ0) is 17.7. The predicted molar refractivity (Wildman–Crippen MR) is 88.8 cm³/mol. The highest BCUT2D eigenvalue weighted by Gasteiger charge is 2.22. The van der Waals surface area contributed by atoms with Gasteiger partial charge in [0, 0.05) is 13.0 Å². The molecule has 1 atom stereocenters. The summed E-state index contributed by atoms with van der Waals surface area (Å²) in [6, 6.07) is 5.79. The number of carbonyl (C=O) groups excluding carboxylic acids is 1. The minimum atomic E-state index is -3.31. The fourth-order valence-corrected chi connectivity index (χ4v) is 2.65. The Morgan fingerprint density at radius 3 is 2.26 bits per heavy atom. The number of sulfonamides is 1. The monoisotopic (exact) mass is 344 g/mol. The summed E-state index contributed by atoms with van der Waals surface area (Å²) >= 11 is 0. The van der Waals surface area contributed by atoms with E-state index in [1.165, 1.54) is 12.1 Å². The molecule has 1 aromatic carbocycles. The minimum Gasteiger partial charge on any atom is -0.349 e. The number of nitrogens with one attached hydrogen (secondary N) is 2. The summed E-state index contributed by atoms with van der Waals surface area (Å²) in [6.07, 6.45) is 1.78. The summed E-state index contributed by atoms with van der Waals surface area (Å²) in [6.45, 7) is 6.22. The van der Waals surface area contributed by atoms with Crippen molar-refractivity contribution in [2.45, 2.75) is 39.7 Å². The van der Waals surface area contributed by atoms with Crippen LogP contribution in [-0.4, -0.2) is 27.1 Å². The van der Waals surface area contributed by atoms with Gasteiger partial charge in [-0.3, -0.25) is 4.79 Å². The van der Waals surface area contributed by atoms with E-state index in [9.17, 15) is 17.6 Å². The summed E-state index contributed by atoms with van der Waals surface area (Å²) < 4.78 is 37.4. The smallest absolute Gasteiger partial charge is 0.221 e. The van der Waals surface area contributed by atoms with Gasteiger partial charge >= 0.3 is 0 Å². The molecule has 130 valence electrons. The molecule has 0 heterocycles. The maximum Gasteiger partial charge on any atom is 0.221 e. The van der Waals surface area contributed by atoms with Crippen LogP contribution in [0, 0.1) is 11.2 Å². The lowest BCUT2D eigenvalue weighted by Crippen LogP contribution is -2.34. The van der Waals surface area contributed by atoms with Crippen LogP contribution in [0.5, 0.6) is 0 Å². The number of benzene rings is 1. The van der Waals surface area contributed by atoms with E-state index in [0.29, 0.717) is 6.42 Å². The van der Waals surface area contributed by atoms with Crippen LogP contribution < -0.4 is 10.0 Å². The number of rotatable bonds is 7.